The Kier molecular flexibility index (Phi) is 46.9. The zero-order chi connectivity index (χ0) is 44.4. The summed E-state index contributed by atoms with van der Waals surface area (Å²) < 4.78 is 16.7. The van der Waals surface area contributed by atoms with Gasteiger partial charge in [-0.2, -0.15) is 0 Å². The van der Waals surface area contributed by atoms with E-state index >= 15 is 0 Å². The van der Waals surface area contributed by atoms with E-state index in [9.17, 15) is 14.4 Å². The van der Waals surface area contributed by atoms with Crippen molar-refractivity contribution in [1.29, 1.82) is 0 Å². The topological polar surface area (TPSA) is 78.9 Å². The van der Waals surface area contributed by atoms with Crippen molar-refractivity contribution in [2.45, 2.75) is 245 Å². The van der Waals surface area contributed by atoms with Crippen molar-refractivity contribution in [2.75, 3.05) is 13.2 Å². The second kappa shape index (κ2) is 49.5. The van der Waals surface area contributed by atoms with Crippen LogP contribution in [-0.2, 0) is 28.6 Å². The minimum absolute atomic E-state index is 0.0980. The number of carbonyl (C=O) groups is 3. The van der Waals surface area contributed by atoms with Gasteiger partial charge in [0.25, 0.3) is 0 Å². The van der Waals surface area contributed by atoms with Crippen LogP contribution in [0.2, 0.25) is 0 Å². The fourth-order valence-corrected chi connectivity index (χ4v) is 6.83. The van der Waals surface area contributed by atoms with Crippen LogP contribution in [0, 0.1) is 0 Å². The van der Waals surface area contributed by atoms with Crippen molar-refractivity contribution in [3.63, 3.8) is 0 Å². The normalized spacial score (nSPS) is 12.6. The zero-order valence-corrected chi connectivity index (χ0v) is 39.9. The molecule has 0 heterocycles. The first-order valence-electron chi connectivity index (χ1n) is 25.4. The van der Waals surface area contributed by atoms with E-state index in [1.807, 2.05) is 0 Å². The Morgan fingerprint density at radius 2 is 0.639 bits per heavy atom. The van der Waals surface area contributed by atoms with Crippen LogP contribution in [0.1, 0.15) is 239 Å². The SMILES string of the molecule is CC/C=C\C/C=C\C/C=C\CCCCC(=O)OCC(COC(=O)CCCCCCCCC/C=C\C/C=C\CCCCC)OC(=O)CCCCC/C=C\CCCCCCCCC. The zero-order valence-electron chi connectivity index (χ0n) is 39.9. The molecule has 0 aromatic rings. The third-order valence-corrected chi connectivity index (χ3v) is 10.7. The van der Waals surface area contributed by atoms with Gasteiger partial charge in [-0.1, -0.05) is 184 Å². The first kappa shape index (κ1) is 57.9. The molecule has 0 aliphatic heterocycles. The van der Waals surface area contributed by atoms with E-state index in [1.54, 1.807) is 0 Å². The van der Waals surface area contributed by atoms with Gasteiger partial charge in [-0.25, -0.2) is 0 Å². The lowest BCUT2D eigenvalue weighted by atomic mass is 10.1. The summed E-state index contributed by atoms with van der Waals surface area (Å²) in [5, 5.41) is 0. The Hall–Kier alpha value is -3.15. The van der Waals surface area contributed by atoms with Gasteiger partial charge in [-0.05, 0) is 109 Å². The van der Waals surface area contributed by atoms with E-state index < -0.39 is 6.10 Å². The standard InChI is InChI=1S/C55H94O6/c1-4-7-10-13-16-19-22-25-27-28-29-31-33-36-39-42-45-48-54(57)60-51-52(50-59-53(56)47-44-41-38-35-32-24-21-18-15-12-9-6-3)61-55(58)49-46-43-40-37-34-30-26-23-20-17-14-11-8-5-2/h9,12,16,18-19,21,25,27,30,32,34-35,52H,4-8,10-11,13-15,17,20,22-24,26,28-29,31,33,36-51H2,1-3H3/b12-9-,19-16-,21-18-,27-25-,34-30-,35-32-. The highest BCUT2D eigenvalue weighted by Crippen LogP contribution is 2.13. The van der Waals surface area contributed by atoms with Gasteiger partial charge < -0.3 is 14.2 Å². The van der Waals surface area contributed by atoms with E-state index in [0.717, 1.165) is 103 Å². The number of rotatable bonds is 45. The maximum Gasteiger partial charge on any atom is 0.306 e. The van der Waals surface area contributed by atoms with Crippen LogP contribution in [0.4, 0.5) is 0 Å². The summed E-state index contributed by atoms with van der Waals surface area (Å²) in [6, 6.07) is 0. The molecule has 0 aromatic carbocycles. The summed E-state index contributed by atoms with van der Waals surface area (Å²) in [4.78, 5) is 37.9. The summed E-state index contributed by atoms with van der Waals surface area (Å²) in [7, 11) is 0. The minimum Gasteiger partial charge on any atom is -0.462 e. The lowest BCUT2D eigenvalue weighted by Crippen LogP contribution is -2.30. The maximum absolute atomic E-state index is 12.8. The van der Waals surface area contributed by atoms with Crippen LogP contribution in [0.15, 0.2) is 72.9 Å². The smallest absolute Gasteiger partial charge is 0.306 e. The summed E-state index contributed by atoms with van der Waals surface area (Å²) in [5.41, 5.74) is 0. The van der Waals surface area contributed by atoms with Crippen LogP contribution in [-0.4, -0.2) is 37.2 Å². The van der Waals surface area contributed by atoms with Gasteiger partial charge in [0, 0.05) is 19.3 Å². The molecule has 0 aromatic heterocycles. The lowest BCUT2D eigenvalue weighted by Gasteiger charge is -2.18. The number of hydrogen-bond donors (Lipinski definition) is 0. The molecule has 0 amide bonds. The van der Waals surface area contributed by atoms with Crippen molar-refractivity contribution in [3.8, 4) is 0 Å². The Morgan fingerprint density at radius 1 is 0.344 bits per heavy atom. The molecule has 0 aliphatic carbocycles. The average Bonchev–Trinajstić information content (AvgIpc) is 3.26. The first-order valence-corrected chi connectivity index (χ1v) is 25.4. The quantitative estimate of drug-likeness (QED) is 0.0263. The molecule has 0 aliphatic rings. The van der Waals surface area contributed by atoms with Crippen molar-refractivity contribution in [3.05, 3.63) is 72.9 Å². The molecule has 0 bridgehead atoms. The Balaban J connectivity index is 4.44. The molecule has 0 saturated heterocycles. The van der Waals surface area contributed by atoms with Gasteiger partial charge in [-0.15, -0.1) is 0 Å². The molecule has 0 spiro atoms. The number of carbonyl (C=O) groups excluding carboxylic acids is 3. The van der Waals surface area contributed by atoms with Crippen molar-refractivity contribution in [1.82, 2.24) is 0 Å². The third kappa shape index (κ3) is 47.7. The highest BCUT2D eigenvalue weighted by Gasteiger charge is 2.19. The van der Waals surface area contributed by atoms with E-state index in [4.69, 9.17) is 14.2 Å². The monoisotopic (exact) mass is 851 g/mol. The van der Waals surface area contributed by atoms with Crippen molar-refractivity contribution >= 4 is 17.9 Å². The van der Waals surface area contributed by atoms with E-state index in [0.29, 0.717) is 19.3 Å². The number of hydrogen-bond acceptors (Lipinski definition) is 6. The Labute approximate surface area is 376 Å². The first-order chi connectivity index (χ1) is 30.0. The van der Waals surface area contributed by atoms with Crippen molar-refractivity contribution < 1.29 is 28.6 Å². The third-order valence-electron chi connectivity index (χ3n) is 10.7. The Bertz CT molecular complexity index is 1160. The molecule has 0 rings (SSSR count). The largest absolute Gasteiger partial charge is 0.462 e. The number of esters is 3. The fourth-order valence-electron chi connectivity index (χ4n) is 6.83. The van der Waals surface area contributed by atoms with Crippen LogP contribution >= 0.6 is 0 Å². The van der Waals surface area contributed by atoms with Crippen molar-refractivity contribution in [2.24, 2.45) is 0 Å². The molecule has 61 heavy (non-hydrogen) atoms. The molecular formula is C55H94O6. The van der Waals surface area contributed by atoms with Gasteiger partial charge in [0.15, 0.2) is 6.10 Å². The number of unbranched alkanes of at least 4 members (excludes halogenated alkanes) is 22. The molecule has 350 valence electrons. The van der Waals surface area contributed by atoms with Crippen LogP contribution in [0.25, 0.3) is 0 Å². The summed E-state index contributed by atoms with van der Waals surface area (Å²) in [6.07, 6.45) is 61.7. The molecule has 1 unspecified atom stereocenters. The molecule has 6 heteroatoms. The summed E-state index contributed by atoms with van der Waals surface area (Å²) in [6.45, 7) is 6.43. The lowest BCUT2D eigenvalue weighted by molar-refractivity contribution is -0.167. The molecule has 6 nitrogen and oxygen atoms in total. The molecule has 0 saturated carbocycles. The molecule has 0 radical (unpaired) electrons. The number of allylic oxidation sites excluding steroid dienone is 12. The van der Waals surface area contributed by atoms with E-state index in [2.05, 4.69) is 93.7 Å². The molecule has 0 fully saturated rings. The molecule has 1 atom stereocenters. The highest BCUT2D eigenvalue weighted by atomic mass is 16.6. The number of ether oxygens (including phenoxy) is 3. The maximum atomic E-state index is 12.8. The predicted octanol–water partition coefficient (Wildman–Crippen LogP) is 16.6. The summed E-state index contributed by atoms with van der Waals surface area (Å²) >= 11 is 0. The molecular weight excluding hydrogens is 757 g/mol. The van der Waals surface area contributed by atoms with Crippen LogP contribution in [0.5, 0.6) is 0 Å². The van der Waals surface area contributed by atoms with Gasteiger partial charge in [0.05, 0.1) is 0 Å². The minimum atomic E-state index is -0.801. The predicted molar refractivity (Wildman–Crippen MR) is 261 cm³/mol. The van der Waals surface area contributed by atoms with Gasteiger partial charge in [0.2, 0.25) is 0 Å². The highest BCUT2D eigenvalue weighted by molar-refractivity contribution is 5.71. The molecule has 0 N–H and O–H groups in total. The van der Waals surface area contributed by atoms with Crippen LogP contribution < -0.4 is 0 Å². The van der Waals surface area contributed by atoms with Crippen LogP contribution in [0.3, 0.4) is 0 Å². The summed E-state index contributed by atoms with van der Waals surface area (Å²) in [5.74, 6) is -0.962. The van der Waals surface area contributed by atoms with Gasteiger partial charge >= 0.3 is 17.9 Å². The van der Waals surface area contributed by atoms with E-state index in [1.165, 1.54) is 96.3 Å². The Morgan fingerprint density at radius 3 is 1.10 bits per heavy atom. The van der Waals surface area contributed by atoms with Gasteiger partial charge in [-0.3, -0.25) is 14.4 Å². The van der Waals surface area contributed by atoms with Gasteiger partial charge in [0.1, 0.15) is 13.2 Å². The average molecular weight is 851 g/mol. The second-order valence-corrected chi connectivity index (χ2v) is 16.7. The fraction of sp³-hybridized carbons (Fsp3) is 0.727. The second-order valence-electron chi connectivity index (χ2n) is 16.7. The van der Waals surface area contributed by atoms with E-state index in [-0.39, 0.29) is 31.1 Å².